The Kier molecular flexibility index (Phi) is 36.4. The molecule has 0 spiro atoms. The third-order valence-corrected chi connectivity index (χ3v) is 8.69. The highest BCUT2D eigenvalue weighted by Gasteiger charge is 2.22. The van der Waals surface area contributed by atoms with Gasteiger partial charge in [-0.2, -0.15) is 0 Å². The van der Waals surface area contributed by atoms with Crippen LogP contribution >= 0.6 is 7.82 Å². The second-order valence-electron chi connectivity index (χ2n) is 13.2. The molecule has 0 saturated carbocycles. The lowest BCUT2D eigenvalue weighted by Gasteiger charge is -2.18. The minimum Gasteiger partial charge on any atom is -0.462 e. The molecule has 0 aliphatic carbocycles. The second-order valence-corrected chi connectivity index (χ2v) is 14.5. The van der Waals surface area contributed by atoms with Crippen molar-refractivity contribution in [2.45, 2.75) is 174 Å². The molecule has 0 unspecified atom stereocenters. The van der Waals surface area contributed by atoms with E-state index < -0.39 is 32.5 Å². The van der Waals surface area contributed by atoms with Gasteiger partial charge in [0.25, 0.3) is 0 Å². The Labute approximate surface area is 317 Å². The van der Waals surface area contributed by atoms with Crippen molar-refractivity contribution < 1.29 is 37.9 Å². The minimum absolute atomic E-state index is 0.194. The predicted octanol–water partition coefficient (Wildman–Crippen LogP) is 12.3. The zero-order valence-corrected chi connectivity index (χ0v) is 33.6. The molecule has 0 radical (unpaired) electrons. The molecule has 0 amide bonds. The third kappa shape index (κ3) is 40.3. The van der Waals surface area contributed by atoms with E-state index in [0.29, 0.717) is 12.8 Å². The number of esters is 2. The highest BCUT2D eigenvalue weighted by Crippen LogP contribution is 2.36. The number of carbonyl (C=O) groups excluding carboxylic acids is 2. The Morgan fingerprint density at radius 1 is 0.519 bits per heavy atom. The lowest BCUT2D eigenvalue weighted by Crippen LogP contribution is -2.29. The van der Waals surface area contributed by atoms with Crippen LogP contribution in [0.5, 0.6) is 0 Å². The summed E-state index contributed by atoms with van der Waals surface area (Å²) in [4.78, 5) is 42.8. The summed E-state index contributed by atoms with van der Waals surface area (Å²) in [6.07, 6.45) is 49.0. The first-order valence-electron chi connectivity index (χ1n) is 20.2. The van der Waals surface area contributed by atoms with E-state index in [2.05, 4.69) is 91.3 Å². The van der Waals surface area contributed by atoms with Crippen LogP contribution in [0.25, 0.3) is 0 Å². The molecule has 0 rings (SSSR count). The molecule has 0 bridgehead atoms. The molecule has 0 aromatic heterocycles. The minimum atomic E-state index is -4.76. The van der Waals surface area contributed by atoms with E-state index in [0.717, 1.165) is 83.5 Å². The van der Waals surface area contributed by atoms with E-state index in [1.54, 1.807) is 0 Å². The standard InChI is InChI=1S/C43H73O8P/c1-3-5-7-9-11-13-15-17-19-21-23-25-27-29-31-33-35-37-42(44)49-39-41(40-50-52(46,47)48)51-43(45)38-36-34-32-30-28-26-24-22-20-18-16-14-12-10-8-6-4-2/h5,7,11-14,17-20,23,25,41H,3-4,6,8-10,15-16,21-22,24,26-40H2,1-2H3,(H2,46,47,48)/b7-5-,13-11-,14-12-,19-17-,20-18-,25-23-/t41-/m1/s1. The number of phosphoric acid groups is 1. The van der Waals surface area contributed by atoms with Crippen molar-refractivity contribution in [2.75, 3.05) is 13.2 Å². The molecular formula is C43H73O8P. The summed E-state index contributed by atoms with van der Waals surface area (Å²) >= 11 is 0. The van der Waals surface area contributed by atoms with Crippen molar-refractivity contribution in [1.82, 2.24) is 0 Å². The average Bonchev–Trinajstić information content (AvgIpc) is 3.11. The summed E-state index contributed by atoms with van der Waals surface area (Å²) in [5.41, 5.74) is 0. The van der Waals surface area contributed by atoms with Crippen LogP contribution in [0, 0.1) is 0 Å². The van der Waals surface area contributed by atoms with Gasteiger partial charge in [-0.3, -0.25) is 14.1 Å². The van der Waals surface area contributed by atoms with Crippen LogP contribution in [0.1, 0.15) is 168 Å². The first-order chi connectivity index (χ1) is 25.3. The van der Waals surface area contributed by atoms with Gasteiger partial charge in [-0.05, 0) is 83.5 Å². The molecule has 9 heteroatoms. The van der Waals surface area contributed by atoms with Gasteiger partial charge in [0.05, 0.1) is 6.61 Å². The Morgan fingerprint density at radius 2 is 0.923 bits per heavy atom. The Hall–Kier alpha value is -2.51. The zero-order chi connectivity index (χ0) is 38.2. The van der Waals surface area contributed by atoms with E-state index in [-0.39, 0.29) is 19.4 Å². The maximum atomic E-state index is 12.4. The quantitative estimate of drug-likeness (QED) is 0.0281. The number of carbonyl (C=O) groups is 2. The fourth-order valence-corrected chi connectivity index (χ4v) is 5.58. The maximum absolute atomic E-state index is 12.4. The van der Waals surface area contributed by atoms with E-state index >= 15 is 0 Å². The molecule has 0 aliphatic heterocycles. The van der Waals surface area contributed by atoms with Gasteiger partial charge in [0.2, 0.25) is 0 Å². The van der Waals surface area contributed by atoms with Crippen molar-refractivity contribution in [3.05, 3.63) is 72.9 Å². The summed E-state index contributed by atoms with van der Waals surface area (Å²) in [5, 5.41) is 0. The molecule has 0 aromatic carbocycles. The molecule has 0 aromatic rings. The zero-order valence-electron chi connectivity index (χ0n) is 32.7. The van der Waals surface area contributed by atoms with Crippen molar-refractivity contribution in [1.29, 1.82) is 0 Å². The van der Waals surface area contributed by atoms with Gasteiger partial charge in [-0.25, -0.2) is 4.57 Å². The Bertz CT molecular complexity index is 1070. The van der Waals surface area contributed by atoms with Crippen LogP contribution in [0.4, 0.5) is 0 Å². The van der Waals surface area contributed by atoms with Gasteiger partial charge in [-0.1, -0.05) is 145 Å². The van der Waals surface area contributed by atoms with Gasteiger partial charge >= 0.3 is 19.8 Å². The number of ether oxygens (including phenoxy) is 2. The topological polar surface area (TPSA) is 119 Å². The van der Waals surface area contributed by atoms with Crippen molar-refractivity contribution in [2.24, 2.45) is 0 Å². The molecule has 2 N–H and O–H groups in total. The first-order valence-corrected chi connectivity index (χ1v) is 21.8. The Balaban J connectivity index is 4.01. The second kappa shape index (κ2) is 38.2. The largest absolute Gasteiger partial charge is 0.469 e. The smallest absolute Gasteiger partial charge is 0.462 e. The first kappa shape index (κ1) is 49.5. The molecule has 1 atom stereocenters. The molecule has 8 nitrogen and oxygen atoms in total. The Morgan fingerprint density at radius 3 is 1.38 bits per heavy atom. The monoisotopic (exact) mass is 749 g/mol. The lowest BCUT2D eigenvalue weighted by molar-refractivity contribution is -0.161. The molecule has 0 heterocycles. The van der Waals surface area contributed by atoms with Gasteiger partial charge < -0.3 is 19.3 Å². The molecular weight excluding hydrogens is 675 g/mol. The fraction of sp³-hybridized carbons (Fsp3) is 0.674. The van der Waals surface area contributed by atoms with Crippen LogP contribution in [0.15, 0.2) is 72.9 Å². The van der Waals surface area contributed by atoms with Crippen molar-refractivity contribution in [3.8, 4) is 0 Å². The van der Waals surface area contributed by atoms with Crippen LogP contribution in [-0.4, -0.2) is 41.0 Å². The van der Waals surface area contributed by atoms with Crippen LogP contribution < -0.4 is 0 Å². The van der Waals surface area contributed by atoms with Crippen LogP contribution in [-0.2, 0) is 28.2 Å². The van der Waals surface area contributed by atoms with E-state index in [9.17, 15) is 14.2 Å². The fourth-order valence-electron chi connectivity index (χ4n) is 5.22. The summed E-state index contributed by atoms with van der Waals surface area (Å²) in [6.45, 7) is 3.51. The van der Waals surface area contributed by atoms with Crippen LogP contribution in [0.3, 0.4) is 0 Å². The van der Waals surface area contributed by atoms with Gasteiger partial charge in [0.1, 0.15) is 6.61 Å². The normalized spacial score (nSPS) is 13.2. The average molecular weight is 749 g/mol. The number of allylic oxidation sites excluding steroid dienone is 12. The SMILES string of the molecule is CC/C=C\C/C=C\C/C=C\C/C=C\CCCCCCC(=O)OC[C@H](COP(=O)(O)O)OC(=O)CCCCCCCCC/C=C\C/C=C\CCCCC. The predicted molar refractivity (Wildman–Crippen MR) is 216 cm³/mol. The summed E-state index contributed by atoms with van der Waals surface area (Å²) in [5.74, 6) is -0.927. The third-order valence-electron chi connectivity index (χ3n) is 8.21. The molecule has 52 heavy (non-hydrogen) atoms. The summed E-state index contributed by atoms with van der Waals surface area (Å²) < 4.78 is 26.3. The van der Waals surface area contributed by atoms with Gasteiger partial charge in [0, 0.05) is 12.8 Å². The lowest BCUT2D eigenvalue weighted by atomic mass is 10.1. The maximum Gasteiger partial charge on any atom is 0.469 e. The molecule has 0 aliphatic rings. The highest BCUT2D eigenvalue weighted by atomic mass is 31.2. The number of hydrogen-bond acceptors (Lipinski definition) is 6. The van der Waals surface area contributed by atoms with E-state index in [4.69, 9.17) is 19.3 Å². The van der Waals surface area contributed by atoms with Gasteiger partial charge in [0.15, 0.2) is 6.10 Å². The number of rotatable bonds is 36. The molecule has 0 fully saturated rings. The summed E-state index contributed by atoms with van der Waals surface area (Å²) in [6, 6.07) is 0. The van der Waals surface area contributed by atoms with Crippen molar-refractivity contribution in [3.63, 3.8) is 0 Å². The number of phosphoric ester groups is 1. The molecule has 298 valence electrons. The number of hydrogen-bond donors (Lipinski definition) is 2. The molecule has 0 saturated heterocycles. The highest BCUT2D eigenvalue weighted by molar-refractivity contribution is 7.46. The van der Waals surface area contributed by atoms with E-state index in [1.807, 2.05) is 0 Å². The van der Waals surface area contributed by atoms with E-state index in [1.165, 1.54) is 44.9 Å². The van der Waals surface area contributed by atoms with Gasteiger partial charge in [-0.15, -0.1) is 0 Å². The van der Waals surface area contributed by atoms with Crippen LogP contribution in [0.2, 0.25) is 0 Å². The number of unbranched alkanes of at least 4 members (excludes halogenated alkanes) is 14. The van der Waals surface area contributed by atoms with Crippen molar-refractivity contribution >= 4 is 19.8 Å². The summed E-state index contributed by atoms with van der Waals surface area (Å²) in [7, 11) is -4.76.